The van der Waals surface area contributed by atoms with Gasteiger partial charge in [-0.15, -0.1) is 0 Å². The first-order valence-corrected chi connectivity index (χ1v) is 5.40. The average Bonchev–Trinajstić information content (AvgIpc) is 2.15. The SMILES string of the molecule is NCCCSCc1ncccc1O. The highest BCUT2D eigenvalue weighted by Crippen LogP contribution is 2.19. The van der Waals surface area contributed by atoms with Gasteiger partial charge >= 0.3 is 0 Å². The molecule has 1 aromatic rings. The fourth-order valence-corrected chi connectivity index (χ4v) is 1.83. The van der Waals surface area contributed by atoms with Crippen LogP contribution in [0.25, 0.3) is 0 Å². The highest BCUT2D eigenvalue weighted by molar-refractivity contribution is 7.98. The van der Waals surface area contributed by atoms with Gasteiger partial charge in [-0.2, -0.15) is 11.8 Å². The molecule has 0 fully saturated rings. The Hall–Kier alpha value is -0.740. The lowest BCUT2D eigenvalue weighted by atomic mass is 10.3. The first kappa shape index (κ1) is 10.3. The Kier molecular flexibility index (Phi) is 4.64. The van der Waals surface area contributed by atoms with Gasteiger partial charge in [-0.1, -0.05) is 0 Å². The molecule has 3 N–H and O–H groups in total. The number of thioether (sulfide) groups is 1. The van der Waals surface area contributed by atoms with Crippen LogP contribution in [0.4, 0.5) is 0 Å². The Morgan fingerprint density at radius 1 is 1.54 bits per heavy atom. The third-order valence-electron chi connectivity index (χ3n) is 1.60. The van der Waals surface area contributed by atoms with Crippen LogP contribution in [0.2, 0.25) is 0 Å². The Bertz CT molecular complexity index is 255. The van der Waals surface area contributed by atoms with Gasteiger partial charge in [0.2, 0.25) is 0 Å². The molecule has 0 saturated carbocycles. The van der Waals surface area contributed by atoms with Crippen molar-refractivity contribution in [2.75, 3.05) is 12.3 Å². The quantitative estimate of drug-likeness (QED) is 0.701. The number of nitrogens with zero attached hydrogens (tertiary/aromatic N) is 1. The molecule has 72 valence electrons. The van der Waals surface area contributed by atoms with E-state index in [1.807, 2.05) is 0 Å². The summed E-state index contributed by atoms with van der Waals surface area (Å²) in [5.74, 6) is 2.06. The first-order chi connectivity index (χ1) is 6.34. The van der Waals surface area contributed by atoms with E-state index in [-0.39, 0.29) is 5.75 Å². The highest BCUT2D eigenvalue weighted by Gasteiger charge is 2.00. The summed E-state index contributed by atoms with van der Waals surface area (Å²) in [6, 6.07) is 3.38. The fourth-order valence-electron chi connectivity index (χ4n) is 0.895. The van der Waals surface area contributed by atoms with Crippen LogP contribution in [0, 0.1) is 0 Å². The van der Waals surface area contributed by atoms with E-state index in [0.717, 1.165) is 30.2 Å². The molecular formula is C9H14N2OS. The summed E-state index contributed by atoms with van der Waals surface area (Å²) >= 11 is 1.74. The normalized spacial score (nSPS) is 10.2. The zero-order valence-corrected chi connectivity index (χ0v) is 8.26. The largest absolute Gasteiger partial charge is 0.506 e. The maximum atomic E-state index is 9.37. The van der Waals surface area contributed by atoms with Crippen LogP contribution in [0.5, 0.6) is 5.75 Å². The Morgan fingerprint density at radius 3 is 3.08 bits per heavy atom. The predicted octanol–water partition coefficient (Wildman–Crippen LogP) is 1.37. The molecule has 13 heavy (non-hydrogen) atoms. The summed E-state index contributed by atoms with van der Waals surface area (Å²) in [6.07, 6.45) is 2.71. The lowest BCUT2D eigenvalue weighted by molar-refractivity contribution is 0.467. The third kappa shape index (κ3) is 3.65. The van der Waals surface area contributed by atoms with Crippen LogP contribution in [-0.4, -0.2) is 22.4 Å². The minimum Gasteiger partial charge on any atom is -0.506 e. The number of pyridine rings is 1. The fraction of sp³-hybridized carbons (Fsp3) is 0.444. The van der Waals surface area contributed by atoms with Gasteiger partial charge in [-0.05, 0) is 30.9 Å². The van der Waals surface area contributed by atoms with Crippen molar-refractivity contribution in [2.24, 2.45) is 5.73 Å². The number of aromatic nitrogens is 1. The summed E-state index contributed by atoms with van der Waals surface area (Å²) in [5.41, 5.74) is 6.11. The molecule has 0 saturated heterocycles. The van der Waals surface area contributed by atoms with Gasteiger partial charge in [0, 0.05) is 11.9 Å². The van der Waals surface area contributed by atoms with Crippen LogP contribution in [-0.2, 0) is 5.75 Å². The second-order valence-corrected chi connectivity index (χ2v) is 3.77. The molecule has 0 amide bonds. The second kappa shape index (κ2) is 5.83. The Morgan fingerprint density at radius 2 is 2.38 bits per heavy atom. The second-order valence-electron chi connectivity index (χ2n) is 2.66. The van der Waals surface area contributed by atoms with E-state index in [0.29, 0.717) is 0 Å². The van der Waals surface area contributed by atoms with Crippen molar-refractivity contribution in [1.82, 2.24) is 4.98 Å². The zero-order chi connectivity index (χ0) is 9.52. The molecule has 0 aliphatic carbocycles. The minimum atomic E-state index is 0.280. The van der Waals surface area contributed by atoms with Crippen LogP contribution in [0.1, 0.15) is 12.1 Å². The molecule has 0 atom stereocenters. The van der Waals surface area contributed by atoms with Gasteiger partial charge in [-0.3, -0.25) is 4.98 Å². The van der Waals surface area contributed by atoms with E-state index >= 15 is 0 Å². The van der Waals surface area contributed by atoms with Crippen molar-refractivity contribution >= 4 is 11.8 Å². The van der Waals surface area contributed by atoms with Gasteiger partial charge in [0.15, 0.2) is 0 Å². The summed E-state index contributed by atoms with van der Waals surface area (Å²) in [6.45, 7) is 0.723. The first-order valence-electron chi connectivity index (χ1n) is 4.25. The summed E-state index contributed by atoms with van der Waals surface area (Å²) in [4.78, 5) is 4.07. The maximum absolute atomic E-state index is 9.37. The molecule has 0 unspecified atom stereocenters. The van der Waals surface area contributed by atoms with E-state index < -0.39 is 0 Å². The molecule has 0 aromatic carbocycles. The highest BCUT2D eigenvalue weighted by atomic mass is 32.2. The van der Waals surface area contributed by atoms with Gasteiger partial charge in [0.1, 0.15) is 5.75 Å². The van der Waals surface area contributed by atoms with Gasteiger partial charge in [0.25, 0.3) is 0 Å². The Balaban J connectivity index is 2.32. The monoisotopic (exact) mass is 198 g/mol. The van der Waals surface area contributed by atoms with Crippen molar-refractivity contribution in [3.8, 4) is 5.75 Å². The van der Waals surface area contributed by atoms with Crippen LogP contribution in [0.3, 0.4) is 0 Å². The van der Waals surface area contributed by atoms with Crippen molar-refractivity contribution < 1.29 is 5.11 Å². The Labute approximate surface area is 82.4 Å². The third-order valence-corrected chi connectivity index (χ3v) is 2.65. The minimum absolute atomic E-state index is 0.280. The summed E-state index contributed by atoms with van der Waals surface area (Å²) in [7, 11) is 0. The van der Waals surface area contributed by atoms with Gasteiger partial charge in [0.05, 0.1) is 5.69 Å². The molecule has 1 heterocycles. The van der Waals surface area contributed by atoms with Gasteiger partial charge < -0.3 is 10.8 Å². The van der Waals surface area contributed by atoms with Gasteiger partial charge in [-0.25, -0.2) is 0 Å². The van der Waals surface area contributed by atoms with E-state index in [1.165, 1.54) is 0 Å². The molecule has 1 rings (SSSR count). The number of aromatic hydroxyl groups is 1. The average molecular weight is 198 g/mol. The summed E-state index contributed by atoms with van der Waals surface area (Å²) in [5, 5.41) is 9.37. The van der Waals surface area contributed by atoms with Crippen molar-refractivity contribution in [1.29, 1.82) is 0 Å². The number of hydrogen-bond acceptors (Lipinski definition) is 4. The van der Waals surface area contributed by atoms with Crippen LogP contribution >= 0.6 is 11.8 Å². The van der Waals surface area contributed by atoms with Crippen LogP contribution in [0.15, 0.2) is 18.3 Å². The number of nitrogens with two attached hydrogens (primary N) is 1. The smallest absolute Gasteiger partial charge is 0.137 e. The standard InChI is InChI=1S/C9H14N2OS/c10-4-2-6-13-7-8-9(12)3-1-5-11-8/h1,3,5,12H,2,4,6-7,10H2. The molecule has 0 radical (unpaired) electrons. The van der Waals surface area contributed by atoms with Crippen LogP contribution < -0.4 is 5.73 Å². The van der Waals surface area contributed by atoms with Crippen molar-refractivity contribution in [2.45, 2.75) is 12.2 Å². The molecule has 4 heteroatoms. The molecule has 0 spiro atoms. The van der Waals surface area contributed by atoms with Crippen molar-refractivity contribution in [3.63, 3.8) is 0 Å². The van der Waals surface area contributed by atoms with E-state index in [1.54, 1.807) is 30.1 Å². The molecule has 0 aliphatic rings. The molecule has 3 nitrogen and oxygen atoms in total. The maximum Gasteiger partial charge on any atom is 0.137 e. The predicted molar refractivity (Wildman–Crippen MR) is 55.7 cm³/mol. The lowest BCUT2D eigenvalue weighted by Gasteiger charge is -2.01. The topological polar surface area (TPSA) is 59.1 Å². The lowest BCUT2D eigenvalue weighted by Crippen LogP contribution is -1.99. The van der Waals surface area contributed by atoms with Crippen molar-refractivity contribution in [3.05, 3.63) is 24.0 Å². The zero-order valence-electron chi connectivity index (χ0n) is 7.44. The van der Waals surface area contributed by atoms with E-state index in [2.05, 4.69) is 4.98 Å². The molecule has 0 aliphatic heterocycles. The number of hydrogen-bond donors (Lipinski definition) is 2. The molecular weight excluding hydrogens is 184 g/mol. The van der Waals surface area contributed by atoms with E-state index in [4.69, 9.17) is 5.73 Å². The number of rotatable bonds is 5. The molecule has 1 aromatic heterocycles. The van der Waals surface area contributed by atoms with E-state index in [9.17, 15) is 5.11 Å². The molecule has 0 bridgehead atoms. The summed E-state index contributed by atoms with van der Waals surface area (Å²) < 4.78 is 0.